The fourth-order valence-electron chi connectivity index (χ4n) is 3.80. The third-order valence-electron chi connectivity index (χ3n) is 5.07. The maximum Gasteiger partial charge on any atom is 0.0686 e. The summed E-state index contributed by atoms with van der Waals surface area (Å²) in [6.45, 7) is 2.98. The summed E-state index contributed by atoms with van der Waals surface area (Å²) >= 11 is 6.47. The minimum absolute atomic E-state index is 0.190. The van der Waals surface area contributed by atoms with Crippen LogP contribution < -0.4 is 5.32 Å². The number of ether oxygens (including phenoxy) is 1. The molecule has 3 rings (SSSR count). The predicted octanol–water partition coefficient (Wildman–Crippen LogP) is 4.26. The van der Waals surface area contributed by atoms with E-state index in [0.29, 0.717) is 12.0 Å². The van der Waals surface area contributed by atoms with Crippen LogP contribution in [0.5, 0.6) is 0 Å². The Kier molecular flexibility index (Phi) is 4.07. The molecule has 2 nitrogen and oxygen atoms in total. The van der Waals surface area contributed by atoms with Crippen molar-refractivity contribution < 1.29 is 4.74 Å². The molecule has 2 unspecified atom stereocenters. The van der Waals surface area contributed by atoms with Crippen molar-refractivity contribution in [2.45, 2.75) is 50.7 Å². The van der Waals surface area contributed by atoms with Gasteiger partial charge in [-0.3, -0.25) is 0 Å². The van der Waals surface area contributed by atoms with Crippen molar-refractivity contribution in [3.8, 4) is 0 Å². The third kappa shape index (κ3) is 2.61. The second-order valence-corrected chi connectivity index (χ2v) is 6.84. The molecule has 1 aromatic rings. The Morgan fingerprint density at radius 1 is 1.40 bits per heavy atom. The summed E-state index contributed by atoms with van der Waals surface area (Å²) in [7, 11) is 2.05. The molecule has 3 heteroatoms. The first-order valence-corrected chi connectivity index (χ1v) is 8.09. The number of benzene rings is 1. The third-order valence-corrected chi connectivity index (χ3v) is 5.40. The van der Waals surface area contributed by atoms with E-state index in [1.807, 2.05) is 7.05 Å². The van der Waals surface area contributed by atoms with Crippen LogP contribution in [0.2, 0.25) is 5.02 Å². The lowest BCUT2D eigenvalue weighted by Crippen LogP contribution is -2.47. The zero-order valence-electron chi connectivity index (χ0n) is 12.4. The van der Waals surface area contributed by atoms with Gasteiger partial charge in [-0.15, -0.1) is 0 Å². The van der Waals surface area contributed by atoms with Crippen molar-refractivity contribution in [1.29, 1.82) is 0 Å². The number of hydrogen-bond donors (Lipinski definition) is 1. The fourth-order valence-corrected chi connectivity index (χ4v) is 4.15. The Labute approximate surface area is 126 Å². The van der Waals surface area contributed by atoms with Crippen LogP contribution in [0.1, 0.15) is 49.3 Å². The molecular formula is C17H24ClNO. The van der Waals surface area contributed by atoms with Crippen LogP contribution in [-0.2, 0) is 4.74 Å². The van der Waals surface area contributed by atoms with Gasteiger partial charge in [0.1, 0.15) is 0 Å². The molecule has 0 aromatic heterocycles. The van der Waals surface area contributed by atoms with Gasteiger partial charge in [-0.25, -0.2) is 0 Å². The highest BCUT2D eigenvalue weighted by molar-refractivity contribution is 6.31. The Bertz CT molecular complexity index is 484. The molecule has 1 spiro atoms. The molecule has 2 atom stereocenters. The number of halogens is 1. The fraction of sp³-hybridized carbons (Fsp3) is 0.647. The summed E-state index contributed by atoms with van der Waals surface area (Å²) in [5.74, 6) is 0.620. The van der Waals surface area contributed by atoms with Crippen LogP contribution in [0.15, 0.2) is 18.2 Å². The van der Waals surface area contributed by atoms with Gasteiger partial charge in [0, 0.05) is 17.7 Å². The Morgan fingerprint density at radius 2 is 2.20 bits per heavy atom. The molecule has 20 heavy (non-hydrogen) atoms. The van der Waals surface area contributed by atoms with Gasteiger partial charge in [0.15, 0.2) is 0 Å². The number of rotatable bonds is 3. The van der Waals surface area contributed by atoms with Crippen molar-refractivity contribution >= 4 is 11.6 Å². The predicted molar refractivity (Wildman–Crippen MR) is 83.2 cm³/mol. The smallest absolute Gasteiger partial charge is 0.0686 e. The molecule has 1 N–H and O–H groups in total. The zero-order valence-corrected chi connectivity index (χ0v) is 13.2. The van der Waals surface area contributed by atoms with E-state index in [1.54, 1.807) is 0 Å². The topological polar surface area (TPSA) is 21.3 Å². The van der Waals surface area contributed by atoms with Crippen LogP contribution in [-0.4, -0.2) is 19.3 Å². The average molecular weight is 294 g/mol. The van der Waals surface area contributed by atoms with Crippen LogP contribution in [0.25, 0.3) is 0 Å². The van der Waals surface area contributed by atoms with Crippen LogP contribution >= 0.6 is 11.6 Å². The van der Waals surface area contributed by atoms with E-state index in [2.05, 4.69) is 30.4 Å². The Morgan fingerprint density at radius 3 is 2.80 bits per heavy atom. The summed E-state index contributed by atoms with van der Waals surface area (Å²) in [6, 6.07) is 6.75. The van der Waals surface area contributed by atoms with E-state index in [1.165, 1.54) is 36.8 Å². The Hall–Kier alpha value is -0.570. The summed E-state index contributed by atoms with van der Waals surface area (Å²) in [6.07, 6.45) is 6.09. The van der Waals surface area contributed by atoms with E-state index in [9.17, 15) is 0 Å². The molecule has 1 aromatic carbocycles. The zero-order chi connectivity index (χ0) is 14.2. The summed E-state index contributed by atoms with van der Waals surface area (Å²) < 4.78 is 6.05. The molecular weight excluding hydrogens is 270 g/mol. The minimum Gasteiger partial charge on any atom is -0.375 e. The molecule has 2 aliphatic rings. The molecule has 1 saturated carbocycles. The highest BCUT2D eigenvalue weighted by Crippen LogP contribution is 2.47. The second kappa shape index (κ2) is 5.67. The first kappa shape index (κ1) is 14.4. The van der Waals surface area contributed by atoms with Crippen molar-refractivity contribution in [3.63, 3.8) is 0 Å². The van der Waals surface area contributed by atoms with E-state index in [4.69, 9.17) is 16.3 Å². The van der Waals surface area contributed by atoms with Gasteiger partial charge in [-0.05, 0) is 69.2 Å². The minimum atomic E-state index is 0.190. The molecule has 0 bridgehead atoms. The summed E-state index contributed by atoms with van der Waals surface area (Å²) in [5.41, 5.74) is 2.65. The highest BCUT2D eigenvalue weighted by Gasteiger charge is 2.44. The summed E-state index contributed by atoms with van der Waals surface area (Å²) in [4.78, 5) is 0. The lowest BCUT2D eigenvalue weighted by molar-refractivity contribution is -0.147. The lowest BCUT2D eigenvalue weighted by Gasteiger charge is -2.49. The van der Waals surface area contributed by atoms with Crippen molar-refractivity contribution in [3.05, 3.63) is 34.3 Å². The number of hydrogen-bond acceptors (Lipinski definition) is 2. The van der Waals surface area contributed by atoms with Crippen molar-refractivity contribution in [2.24, 2.45) is 5.92 Å². The largest absolute Gasteiger partial charge is 0.375 e. The quantitative estimate of drug-likeness (QED) is 0.899. The SMILES string of the molecule is CNC(c1ccc(C)cc1Cl)C1CCOC2(CCC2)C1. The van der Waals surface area contributed by atoms with Crippen LogP contribution in [0.3, 0.4) is 0 Å². The van der Waals surface area contributed by atoms with Crippen LogP contribution in [0, 0.1) is 12.8 Å². The van der Waals surface area contributed by atoms with Gasteiger partial charge < -0.3 is 10.1 Å². The van der Waals surface area contributed by atoms with Gasteiger partial charge in [0.2, 0.25) is 0 Å². The van der Waals surface area contributed by atoms with Crippen molar-refractivity contribution in [1.82, 2.24) is 5.32 Å². The number of nitrogens with one attached hydrogen (secondary N) is 1. The molecule has 1 saturated heterocycles. The first-order chi connectivity index (χ1) is 9.63. The number of aryl methyl sites for hydroxylation is 1. The second-order valence-electron chi connectivity index (χ2n) is 6.43. The van der Waals surface area contributed by atoms with Crippen LogP contribution in [0.4, 0.5) is 0 Å². The normalized spacial score (nSPS) is 26.2. The van der Waals surface area contributed by atoms with E-state index in [0.717, 1.165) is 18.1 Å². The van der Waals surface area contributed by atoms with E-state index in [-0.39, 0.29) is 5.60 Å². The maximum atomic E-state index is 6.47. The maximum absolute atomic E-state index is 6.47. The van der Waals surface area contributed by atoms with Gasteiger partial charge >= 0.3 is 0 Å². The summed E-state index contributed by atoms with van der Waals surface area (Å²) in [5, 5.41) is 4.38. The average Bonchev–Trinajstić information content (AvgIpc) is 2.40. The molecule has 110 valence electrons. The van der Waals surface area contributed by atoms with Crippen molar-refractivity contribution in [2.75, 3.05) is 13.7 Å². The first-order valence-electron chi connectivity index (χ1n) is 7.71. The highest BCUT2D eigenvalue weighted by atomic mass is 35.5. The lowest BCUT2D eigenvalue weighted by atomic mass is 9.69. The van der Waals surface area contributed by atoms with Gasteiger partial charge in [-0.1, -0.05) is 23.7 Å². The van der Waals surface area contributed by atoms with Gasteiger partial charge in [-0.2, -0.15) is 0 Å². The van der Waals surface area contributed by atoms with Gasteiger partial charge in [0.25, 0.3) is 0 Å². The molecule has 1 aliphatic carbocycles. The van der Waals surface area contributed by atoms with Gasteiger partial charge in [0.05, 0.1) is 5.60 Å². The molecule has 0 amide bonds. The Balaban J connectivity index is 1.81. The standard InChI is InChI=1S/C17H24ClNO/c1-12-4-5-14(15(18)10-12)16(19-2)13-6-9-20-17(11-13)7-3-8-17/h4-5,10,13,16,19H,3,6-9,11H2,1-2H3. The monoisotopic (exact) mass is 293 g/mol. The molecule has 1 heterocycles. The van der Waals surface area contributed by atoms with E-state index < -0.39 is 0 Å². The molecule has 0 radical (unpaired) electrons. The molecule has 1 aliphatic heterocycles. The van der Waals surface area contributed by atoms with E-state index >= 15 is 0 Å². The molecule has 2 fully saturated rings.